The third-order valence-corrected chi connectivity index (χ3v) is 5.11. The number of hydrogen-bond acceptors (Lipinski definition) is 2. The van der Waals surface area contributed by atoms with E-state index in [0.717, 1.165) is 4.90 Å². The van der Waals surface area contributed by atoms with Gasteiger partial charge in [-0.1, -0.05) is 30.5 Å². The normalized spacial score (nSPS) is 20.4. The standard InChI is InChI=1S/C13H18ClNOS/c14-11-6-3-7-12(8-11)17(16)9-13(15)10-4-1-2-5-10/h3,6-8,10,13H,1-2,4-5,9,15H2. The van der Waals surface area contributed by atoms with Gasteiger partial charge in [-0.05, 0) is 37.0 Å². The zero-order valence-corrected chi connectivity index (χ0v) is 11.3. The maximum atomic E-state index is 12.1. The van der Waals surface area contributed by atoms with Crippen LogP contribution in [0.4, 0.5) is 0 Å². The Morgan fingerprint density at radius 3 is 2.76 bits per heavy atom. The summed E-state index contributed by atoms with van der Waals surface area (Å²) in [5.41, 5.74) is 6.13. The molecule has 0 saturated heterocycles. The second kappa shape index (κ2) is 5.98. The number of benzene rings is 1. The number of halogens is 1. The molecule has 2 N–H and O–H groups in total. The molecule has 2 rings (SSSR count). The van der Waals surface area contributed by atoms with Crippen LogP contribution in [0.3, 0.4) is 0 Å². The quantitative estimate of drug-likeness (QED) is 0.915. The summed E-state index contributed by atoms with van der Waals surface area (Å²) < 4.78 is 12.1. The molecule has 94 valence electrons. The molecule has 0 radical (unpaired) electrons. The largest absolute Gasteiger partial charge is 0.327 e. The molecular formula is C13H18ClNOS. The molecule has 0 amide bonds. The average molecular weight is 272 g/mol. The maximum Gasteiger partial charge on any atom is 0.0545 e. The van der Waals surface area contributed by atoms with Crippen molar-refractivity contribution in [1.82, 2.24) is 0 Å². The highest BCUT2D eigenvalue weighted by molar-refractivity contribution is 7.85. The van der Waals surface area contributed by atoms with E-state index in [0.29, 0.717) is 16.7 Å². The van der Waals surface area contributed by atoms with Crippen LogP contribution >= 0.6 is 11.6 Å². The van der Waals surface area contributed by atoms with Gasteiger partial charge in [0.2, 0.25) is 0 Å². The van der Waals surface area contributed by atoms with E-state index in [2.05, 4.69) is 0 Å². The smallest absolute Gasteiger partial charge is 0.0545 e. The van der Waals surface area contributed by atoms with Crippen LogP contribution in [0.5, 0.6) is 0 Å². The predicted octanol–water partition coefficient (Wildman–Crippen LogP) is 2.97. The molecular weight excluding hydrogens is 254 g/mol. The van der Waals surface area contributed by atoms with Crippen molar-refractivity contribution in [2.75, 3.05) is 5.75 Å². The van der Waals surface area contributed by atoms with Crippen molar-refractivity contribution in [2.24, 2.45) is 11.7 Å². The van der Waals surface area contributed by atoms with Crippen molar-refractivity contribution in [1.29, 1.82) is 0 Å². The third kappa shape index (κ3) is 3.54. The Morgan fingerprint density at radius 2 is 2.12 bits per heavy atom. The van der Waals surface area contributed by atoms with E-state index >= 15 is 0 Å². The van der Waals surface area contributed by atoms with Crippen molar-refractivity contribution in [2.45, 2.75) is 36.6 Å². The molecule has 1 saturated carbocycles. The lowest BCUT2D eigenvalue weighted by Gasteiger charge is -2.18. The fraction of sp³-hybridized carbons (Fsp3) is 0.538. The van der Waals surface area contributed by atoms with Crippen LogP contribution in [0.1, 0.15) is 25.7 Å². The Labute approximate surface area is 110 Å². The lowest BCUT2D eigenvalue weighted by molar-refractivity contribution is 0.460. The lowest BCUT2D eigenvalue weighted by atomic mass is 10.0. The molecule has 2 atom stereocenters. The summed E-state index contributed by atoms with van der Waals surface area (Å²) in [6.45, 7) is 0. The van der Waals surface area contributed by atoms with E-state index in [1.54, 1.807) is 12.1 Å². The van der Waals surface area contributed by atoms with Crippen molar-refractivity contribution < 1.29 is 4.21 Å². The SMILES string of the molecule is NC(CS(=O)c1cccc(Cl)c1)C1CCCC1. The molecule has 0 aliphatic heterocycles. The van der Waals surface area contributed by atoms with Gasteiger partial charge in [0.05, 0.1) is 10.8 Å². The van der Waals surface area contributed by atoms with Crippen LogP contribution < -0.4 is 5.73 Å². The highest BCUT2D eigenvalue weighted by atomic mass is 35.5. The van der Waals surface area contributed by atoms with Crippen LogP contribution in [0.2, 0.25) is 5.02 Å². The van der Waals surface area contributed by atoms with Crippen LogP contribution in [-0.4, -0.2) is 16.0 Å². The van der Waals surface area contributed by atoms with Gasteiger partial charge >= 0.3 is 0 Å². The maximum absolute atomic E-state index is 12.1. The summed E-state index contributed by atoms with van der Waals surface area (Å²) >= 11 is 5.89. The lowest BCUT2D eigenvalue weighted by Crippen LogP contribution is -2.34. The van der Waals surface area contributed by atoms with Gasteiger partial charge in [-0.25, -0.2) is 0 Å². The van der Waals surface area contributed by atoms with Crippen molar-refractivity contribution >= 4 is 22.4 Å². The van der Waals surface area contributed by atoms with Gasteiger partial charge in [-0.2, -0.15) is 0 Å². The van der Waals surface area contributed by atoms with E-state index in [4.69, 9.17) is 17.3 Å². The van der Waals surface area contributed by atoms with Gasteiger partial charge in [0, 0.05) is 21.7 Å². The van der Waals surface area contributed by atoms with Gasteiger partial charge in [0.15, 0.2) is 0 Å². The number of nitrogens with two attached hydrogens (primary N) is 1. The monoisotopic (exact) mass is 271 g/mol. The highest BCUT2D eigenvalue weighted by Gasteiger charge is 2.23. The second-order valence-corrected chi connectivity index (χ2v) is 6.61. The fourth-order valence-corrected chi connectivity index (χ4v) is 3.96. The molecule has 17 heavy (non-hydrogen) atoms. The molecule has 0 bridgehead atoms. The van der Waals surface area contributed by atoms with E-state index in [1.807, 2.05) is 12.1 Å². The summed E-state index contributed by atoms with van der Waals surface area (Å²) in [5, 5.41) is 0.630. The minimum absolute atomic E-state index is 0.0531. The zero-order valence-electron chi connectivity index (χ0n) is 9.77. The molecule has 4 heteroatoms. The Hall–Kier alpha value is -0.380. The van der Waals surface area contributed by atoms with Crippen molar-refractivity contribution in [3.8, 4) is 0 Å². The van der Waals surface area contributed by atoms with Crippen LogP contribution in [0.15, 0.2) is 29.2 Å². The molecule has 1 aliphatic carbocycles. The second-order valence-electron chi connectivity index (χ2n) is 4.68. The molecule has 0 spiro atoms. The zero-order chi connectivity index (χ0) is 12.3. The van der Waals surface area contributed by atoms with Gasteiger partial charge in [0.1, 0.15) is 0 Å². The molecule has 2 nitrogen and oxygen atoms in total. The number of hydrogen-bond donors (Lipinski definition) is 1. The molecule has 0 aromatic heterocycles. The molecule has 1 aromatic carbocycles. The number of rotatable bonds is 4. The highest BCUT2D eigenvalue weighted by Crippen LogP contribution is 2.27. The van der Waals surface area contributed by atoms with Gasteiger partial charge in [-0.15, -0.1) is 0 Å². The minimum Gasteiger partial charge on any atom is -0.327 e. The van der Waals surface area contributed by atoms with Crippen LogP contribution in [-0.2, 0) is 10.8 Å². The predicted molar refractivity (Wildman–Crippen MR) is 72.7 cm³/mol. The topological polar surface area (TPSA) is 43.1 Å². The van der Waals surface area contributed by atoms with Gasteiger partial charge in [-0.3, -0.25) is 4.21 Å². The first kappa shape index (κ1) is 13.1. The van der Waals surface area contributed by atoms with E-state index in [1.165, 1.54) is 25.7 Å². The van der Waals surface area contributed by atoms with Crippen LogP contribution in [0, 0.1) is 5.92 Å². The average Bonchev–Trinajstić information content (AvgIpc) is 2.82. The summed E-state index contributed by atoms with van der Waals surface area (Å²) in [4.78, 5) is 0.783. The Balaban J connectivity index is 1.96. The summed E-state index contributed by atoms with van der Waals surface area (Å²) in [6.07, 6.45) is 4.91. The van der Waals surface area contributed by atoms with Gasteiger partial charge in [0.25, 0.3) is 0 Å². The minimum atomic E-state index is -1.03. The molecule has 2 unspecified atom stereocenters. The Morgan fingerprint density at radius 1 is 1.41 bits per heavy atom. The van der Waals surface area contributed by atoms with E-state index < -0.39 is 10.8 Å². The summed E-state index contributed by atoms with van der Waals surface area (Å²) in [5.74, 6) is 1.10. The molecule has 1 aliphatic rings. The van der Waals surface area contributed by atoms with Crippen molar-refractivity contribution in [3.05, 3.63) is 29.3 Å². The Bertz CT molecular complexity index is 404. The first-order valence-corrected chi connectivity index (χ1v) is 7.76. The van der Waals surface area contributed by atoms with Crippen LogP contribution in [0.25, 0.3) is 0 Å². The van der Waals surface area contributed by atoms with E-state index in [-0.39, 0.29) is 6.04 Å². The first-order valence-electron chi connectivity index (χ1n) is 6.06. The fourth-order valence-electron chi connectivity index (χ4n) is 2.40. The third-order valence-electron chi connectivity index (χ3n) is 3.41. The summed E-state index contributed by atoms with van der Waals surface area (Å²) in [6, 6.07) is 7.29. The van der Waals surface area contributed by atoms with Crippen molar-refractivity contribution in [3.63, 3.8) is 0 Å². The first-order chi connectivity index (χ1) is 8.16. The summed E-state index contributed by atoms with van der Waals surface area (Å²) in [7, 11) is -1.03. The van der Waals surface area contributed by atoms with E-state index in [9.17, 15) is 4.21 Å². The molecule has 1 aromatic rings. The van der Waals surface area contributed by atoms with Gasteiger partial charge < -0.3 is 5.73 Å². The molecule has 0 heterocycles. The molecule has 1 fully saturated rings. The Kier molecular flexibility index (Phi) is 4.60.